The Kier molecular flexibility index (Phi) is 3.50. The summed E-state index contributed by atoms with van der Waals surface area (Å²) in [5.74, 6) is -0.409. The van der Waals surface area contributed by atoms with Crippen LogP contribution >= 0.6 is 0 Å². The average Bonchev–Trinajstić information content (AvgIpc) is 2.78. The molecule has 0 spiro atoms. The van der Waals surface area contributed by atoms with Crippen LogP contribution in [0.5, 0.6) is 11.6 Å². The van der Waals surface area contributed by atoms with E-state index in [2.05, 4.69) is 9.97 Å². The molecule has 6 heteroatoms. The first-order valence-corrected chi connectivity index (χ1v) is 6.67. The lowest BCUT2D eigenvalue weighted by Gasteiger charge is -2.03. The van der Waals surface area contributed by atoms with Crippen LogP contribution in [-0.2, 0) is 13.5 Å². The standard InChI is InChI=1S/C16H14FN3O2/c1-20-9-13(14(21)16(20)22)15-18-7-11(8-19-15)6-10-2-4-12(17)5-3-10/h2-5,7-9,21-22H,6H2,1H3. The zero-order valence-electron chi connectivity index (χ0n) is 11.9. The Balaban J connectivity index is 1.83. The van der Waals surface area contributed by atoms with E-state index in [1.54, 1.807) is 37.8 Å². The number of aromatic nitrogens is 3. The normalized spacial score (nSPS) is 10.8. The highest BCUT2D eigenvalue weighted by Gasteiger charge is 2.15. The molecular formula is C16H14FN3O2. The largest absolute Gasteiger partial charge is 0.503 e. The predicted octanol–water partition coefficient (Wildman–Crippen LogP) is 2.62. The lowest BCUT2D eigenvalue weighted by Crippen LogP contribution is -1.94. The Morgan fingerprint density at radius 1 is 1.05 bits per heavy atom. The number of aryl methyl sites for hydroxylation is 1. The molecule has 0 unspecified atom stereocenters. The van der Waals surface area contributed by atoms with Crippen molar-refractivity contribution < 1.29 is 14.6 Å². The zero-order valence-corrected chi connectivity index (χ0v) is 11.9. The summed E-state index contributed by atoms with van der Waals surface area (Å²) in [5.41, 5.74) is 2.20. The third-order valence-corrected chi connectivity index (χ3v) is 3.39. The highest BCUT2D eigenvalue weighted by atomic mass is 19.1. The lowest BCUT2D eigenvalue weighted by molar-refractivity contribution is 0.381. The molecule has 3 aromatic rings. The van der Waals surface area contributed by atoms with Crippen LogP contribution in [0.1, 0.15) is 11.1 Å². The van der Waals surface area contributed by atoms with Gasteiger partial charge in [-0.15, -0.1) is 0 Å². The van der Waals surface area contributed by atoms with E-state index in [-0.39, 0.29) is 17.4 Å². The van der Waals surface area contributed by atoms with Crippen LogP contribution in [0.2, 0.25) is 0 Å². The molecule has 22 heavy (non-hydrogen) atoms. The van der Waals surface area contributed by atoms with Gasteiger partial charge in [-0.2, -0.15) is 0 Å². The van der Waals surface area contributed by atoms with Gasteiger partial charge >= 0.3 is 0 Å². The topological polar surface area (TPSA) is 71.2 Å². The highest BCUT2D eigenvalue weighted by molar-refractivity contribution is 5.67. The van der Waals surface area contributed by atoms with Gasteiger partial charge in [-0.25, -0.2) is 14.4 Å². The van der Waals surface area contributed by atoms with Crippen LogP contribution in [0.3, 0.4) is 0 Å². The third-order valence-electron chi connectivity index (χ3n) is 3.39. The summed E-state index contributed by atoms with van der Waals surface area (Å²) in [5, 5.41) is 19.4. The molecule has 0 aliphatic rings. The van der Waals surface area contributed by atoms with Gasteiger partial charge in [-0.3, -0.25) is 0 Å². The molecule has 2 heterocycles. The first-order valence-electron chi connectivity index (χ1n) is 6.67. The molecule has 0 fully saturated rings. The molecule has 0 amide bonds. The van der Waals surface area contributed by atoms with Gasteiger partial charge in [0.2, 0.25) is 5.88 Å². The van der Waals surface area contributed by atoms with E-state index < -0.39 is 0 Å². The summed E-state index contributed by atoms with van der Waals surface area (Å²) in [6.07, 6.45) is 5.44. The maximum Gasteiger partial charge on any atom is 0.235 e. The fourth-order valence-electron chi connectivity index (χ4n) is 2.19. The molecule has 0 atom stereocenters. The Morgan fingerprint density at radius 2 is 1.68 bits per heavy atom. The summed E-state index contributed by atoms with van der Waals surface area (Å²) in [6, 6.07) is 6.25. The number of benzene rings is 1. The van der Waals surface area contributed by atoms with Crippen molar-refractivity contribution in [3.63, 3.8) is 0 Å². The first-order chi connectivity index (χ1) is 10.5. The van der Waals surface area contributed by atoms with Gasteiger partial charge in [0, 0.05) is 32.1 Å². The number of nitrogens with zero attached hydrogens (tertiary/aromatic N) is 3. The monoisotopic (exact) mass is 299 g/mol. The minimum atomic E-state index is -0.269. The Hall–Kier alpha value is -2.89. The predicted molar refractivity (Wildman–Crippen MR) is 79.0 cm³/mol. The molecule has 5 nitrogen and oxygen atoms in total. The zero-order chi connectivity index (χ0) is 15.7. The molecular weight excluding hydrogens is 285 g/mol. The number of hydrogen-bond donors (Lipinski definition) is 2. The fraction of sp³-hybridized carbons (Fsp3) is 0.125. The van der Waals surface area contributed by atoms with Crippen molar-refractivity contribution in [2.45, 2.75) is 6.42 Å². The Bertz CT molecular complexity index is 796. The molecule has 2 N–H and O–H groups in total. The molecule has 3 rings (SSSR count). The van der Waals surface area contributed by atoms with Crippen LogP contribution in [-0.4, -0.2) is 24.7 Å². The lowest BCUT2D eigenvalue weighted by atomic mass is 10.1. The smallest absolute Gasteiger partial charge is 0.235 e. The van der Waals surface area contributed by atoms with E-state index in [4.69, 9.17) is 0 Å². The minimum Gasteiger partial charge on any atom is -0.503 e. The van der Waals surface area contributed by atoms with E-state index in [1.807, 2.05) is 0 Å². The van der Waals surface area contributed by atoms with Crippen molar-refractivity contribution in [3.8, 4) is 23.0 Å². The molecule has 1 aromatic carbocycles. The van der Waals surface area contributed by atoms with E-state index in [9.17, 15) is 14.6 Å². The van der Waals surface area contributed by atoms with Gasteiger partial charge in [-0.1, -0.05) is 12.1 Å². The maximum atomic E-state index is 12.9. The van der Waals surface area contributed by atoms with Crippen molar-refractivity contribution >= 4 is 0 Å². The SMILES string of the molecule is Cn1cc(-c2ncc(Cc3ccc(F)cc3)cn2)c(O)c1O. The molecule has 0 saturated heterocycles. The van der Waals surface area contributed by atoms with Gasteiger partial charge in [-0.05, 0) is 23.3 Å². The average molecular weight is 299 g/mol. The van der Waals surface area contributed by atoms with Crippen molar-refractivity contribution in [2.75, 3.05) is 0 Å². The van der Waals surface area contributed by atoms with E-state index in [0.29, 0.717) is 17.8 Å². The number of hydrogen-bond acceptors (Lipinski definition) is 4. The van der Waals surface area contributed by atoms with Crippen LogP contribution in [0.15, 0.2) is 42.9 Å². The van der Waals surface area contributed by atoms with Crippen molar-refractivity contribution in [1.82, 2.24) is 14.5 Å². The van der Waals surface area contributed by atoms with Crippen LogP contribution in [0, 0.1) is 5.82 Å². The van der Waals surface area contributed by atoms with E-state index in [0.717, 1.165) is 11.1 Å². The minimum absolute atomic E-state index is 0.228. The number of aromatic hydroxyl groups is 2. The molecule has 0 radical (unpaired) electrons. The molecule has 112 valence electrons. The van der Waals surface area contributed by atoms with Crippen LogP contribution in [0.4, 0.5) is 4.39 Å². The van der Waals surface area contributed by atoms with Crippen LogP contribution < -0.4 is 0 Å². The van der Waals surface area contributed by atoms with Gasteiger partial charge in [0.05, 0.1) is 5.56 Å². The van der Waals surface area contributed by atoms with E-state index in [1.165, 1.54) is 16.7 Å². The molecule has 0 aliphatic heterocycles. The summed E-state index contributed by atoms with van der Waals surface area (Å²) < 4.78 is 14.3. The molecule has 0 bridgehead atoms. The molecule has 2 aromatic heterocycles. The molecule has 0 aliphatic carbocycles. The summed E-state index contributed by atoms with van der Waals surface area (Å²) in [7, 11) is 1.61. The second-order valence-corrected chi connectivity index (χ2v) is 5.04. The molecule has 0 saturated carbocycles. The number of rotatable bonds is 3. The Morgan fingerprint density at radius 3 is 2.23 bits per heavy atom. The highest BCUT2D eigenvalue weighted by Crippen LogP contribution is 2.35. The maximum absolute atomic E-state index is 12.9. The summed E-state index contributed by atoms with van der Waals surface area (Å²) in [6.45, 7) is 0. The second kappa shape index (κ2) is 5.48. The second-order valence-electron chi connectivity index (χ2n) is 5.04. The first kappa shape index (κ1) is 14.1. The van der Waals surface area contributed by atoms with Gasteiger partial charge in [0.25, 0.3) is 0 Å². The van der Waals surface area contributed by atoms with Crippen molar-refractivity contribution in [2.24, 2.45) is 7.05 Å². The Labute approximate surface area is 126 Å². The fourth-order valence-corrected chi connectivity index (χ4v) is 2.19. The van der Waals surface area contributed by atoms with E-state index >= 15 is 0 Å². The third kappa shape index (κ3) is 2.63. The van der Waals surface area contributed by atoms with Crippen molar-refractivity contribution in [1.29, 1.82) is 0 Å². The number of halogens is 1. The summed E-state index contributed by atoms with van der Waals surface area (Å²) in [4.78, 5) is 8.42. The van der Waals surface area contributed by atoms with Gasteiger partial charge < -0.3 is 14.8 Å². The van der Waals surface area contributed by atoms with Gasteiger partial charge in [0.15, 0.2) is 11.6 Å². The summed E-state index contributed by atoms with van der Waals surface area (Å²) >= 11 is 0. The quantitative estimate of drug-likeness (QED) is 0.780. The van der Waals surface area contributed by atoms with Crippen LogP contribution in [0.25, 0.3) is 11.4 Å². The van der Waals surface area contributed by atoms with Gasteiger partial charge in [0.1, 0.15) is 5.82 Å². The van der Waals surface area contributed by atoms with Crippen molar-refractivity contribution in [3.05, 3.63) is 59.8 Å².